The molecule has 1 unspecified atom stereocenters. The minimum atomic E-state index is -0.441. The standard InChI is InChI=1S/C12H17FN2O/c1-9(10-5-7-16-8-6-10)14-12-4-2-3-11(13)15-12/h2-4,9-10H,5-8H2,1H3,(H,14,15). The van der Waals surface area contributed by atoms with Crippen LogP contribution in [0.3, 0.4) is 0 Å². The minimum Gasteiger partial charge on any atom is -0.381 e. The molecule has 2 rings (SSSR count). The lowest BCUT2D eigenvalue weighted by molar-refractivity contribution is 0.0622. The molecule has 16 heavy (non-hydrogen) atoms. The topological polar surface area (TPSA) is 34.2 Å². The van der Waals surface area contributed by atoms with Gasteiger partial charge in [0, 0.05) is 19.3 Å². The number of rotatable bonds is 3. The molecule has 0 saturated carbocycles. The maximum absolute atomic E-state index is 12.9. The average molecular weight is 224 g/mol. The molecule has 1 aliphatic heterocycles. The van der Waals surface area contributed by atoms with E-state index >= 15 is 0 Å². The van der Waals surface area contributed by atoms with Gasteiger partial charge in [-0.15, -0.1) is 0 Å². The summed E-state index contributed by atoms with van der Waals surface area (Å²) in [6, 6.07) is 5.11. The zero-order chi connectivity index (χ0) is 11.4. The lowest BCUT2D eigenvalue weighted by Crippen LogP contribution is -2.31. The van der Waals surface area contributed by atoms with Gasteiger partial charge in [-0.05, 0) is 37.8 Å². The Balaban J connectivity index is 1.93. The van der Waals surface area contributed by atoms with E-state index in [2.05, 4.69) is 17.2 Å². The zero-order valence-electron chi connectivity index (χ0n) is 9.45. The molecule has 1 saturated heterocycles. The highest BCUT2D eigenvalue weighted by Crippen LogP contribution is 2.21. The third kappa shape index (κ3) is 2.92. The second-order valence-corrected chi connectivity index (χ2v) is 4.23. The first-order valence-corrected chi connectivity index (χ1v) is 5.72. The van der Waals surface area contributed by atoms with Crippen LogP contribution in [0.2, 0.25) is 0 Å². The van der Waals surface area contributed by atoms with Crippen LogP contribution < -0.4 is 5.32 Å². The van der Waals surface area contributed by atoms with Crippen LogP contribution in [0.5, 0.6) is 0 Å². The number of nitrogens with zero attached hydrogens (tertiary/aromatic N) is 1. The predicted octanol–water partition coefficient (Wildman–Crippen LogP) is 2.45. The van der Waals surface area contributed by atoms with Crippen molar-refractivity contribution in [3.63, 3.8) is 0 Å². The fraction of sp³-hybridized carbons (Fsp3) is 0.583. The van der Waals surface area contributed by atoms with E-state index < -0.39 is 5.95 Å². The molecule has 0 aromatic carbocycles. The summed E-state index contributed by atoms with van der Waals surface area (Å²) >= 11 is 0. The molecule has 4 heteroatoms. The van der Waals surface area contributed by atoms with Crippen molar-refractivity contribution >= 4 is 5.82 Å². The molecule has 1 aliphatic rings. The molecule has 1 aromatic rings. The second-order valence-electron chi connectivity index (χ2n) is 4.23. The van der Waals surface area contributed by atoms with E-state index in [-0.39, 0.29) is 0 Å². The van der Waals surface area contributed by atoms with Crippen molar-refractivity contribution in [3.8, 4) is 0 Å². The molecular weight excluding hydrogens is 207 g/mol. The van der Waals surface area contributed by atoms with E-state index in [0.29, 0.717) is 17.8 Å². The Hall–Kier alpha value is -1.16. The molecule has 0 aliphatic carbocycles. The van der Waals surface area contributed by atoms with Gasteiger partial charge >= 0.3 is 0 Å². The summed E-state index contributed by atoms with van der Waals surface area (Å²) in [5.41, 5.74) is 0. The molecule has 2 heterocycles. The van der Waals surface area contributed by atoms with Crippen LogP contribution in [0.4, 0.5) is 10.2 Å². The summed E-state index contributed by atoms with van der Waals surface area (Å²) in [4.78, 5) is 3.80. The summed E-state index contributed by atoms with van der Waals surface area (Å²) in [5.74, 6) is 0.752. The Morgan fingerprint density at radius 2 is 2.19 bits per heavy atom. The van der Waals surface area contributed by atoms with E-state index in [0.717, 1.165) is 26.1 Å². The van der Waals surface area contributed by atoms with Gasteiger partial charge < -0.3 is 10.1 Å². The van der Waals surface area contributed by atoms with E-state index in [4.69, 9.17) is 4.74 Å². The van der Waals surface area contributed by atoms with Gasteiger partial charge in [-0.25, -0.2) is 4.98 Å². The molecular formula is C12H17FN2O. The van der Waals surface area contributed by atoms with Gasteiger partial charge in [0.05, 0.1) is 0 Å². The summed E-state index contributed by atoms with van der Waals surface area (Å²) in [5, 5.41) is 3.25. The van der Waals surface area contributed by atoms with Crippen LogP contribution in [0.1, 0.15) is 19.8 Å². The van der Waals surface area contributed by atoms with Gasteiger partial charge in [0.25, 0.3) is 0 Å². The fourth-order valence-electron chi connectivity index (χ4n) is 2.06. The molecule has 3 nitrogen and oxygen atoms in total. The number of anilines is 1. The van der Waals surface area contributed by atoms with Crippen molar-refractivity contribution in [2.45, 2.75) is 25.8 Å². The van der Waals surface area contributed by atoms with Gasteiger partial charge in [-0.3, -0.25) is 0 Å². The van der Waals surface area contributed by atoms with Crippen LogP contribution in [0, 0.1) is 11.9 Å². The first-order valence-electron chi connectivity index (χ1n) is 5.72. The first kappa shape index (κ1) is 11.3. The van der Waals surface area contributed by atoms with Crippen LogP contribution >= 0.6 is 0 Å². The number of nitrogens with one attached hydrogen (secondary N) is 1. The molecule has 0 radical (unpaired) electrons. The van der Waals surface area contributed by atoms with E-state index in [1.807, 2.05) is 0 Å². The van der Waals surface area contributed by atoms with Crippen molar-refractivity contribution in [2.75, 3.05) is 18.5 Å². The van der Waals surface area contributed by atoms with Crippen LogP contribution in [-0.4, -0.2) is 24.2 Å². The quantitative estimate of drug-likeness (QED) is 0.801. The van der Waals surface area contributed by atoms with Gasteiger partial charge in [-0.2, -0.15) is 4.39 Å². The summed E-state index contributed by atoms with van der Waals surface area (Å²) < 4.78 is 18.2. The maximum Gasteiger partial charge on any atom is 0.214 e. The number of aromatic nitrogens is 1. The number of pyridine rings is 1. The Morgan fingerprint density at radius 3 is 2.88 bits per heavy atom. The molecule has 0 spiro atoms. The number of hydrogen-bond donors (Lipinski definition) is 1. The number of ether oxygens (including phenoxy) is 1. The Kier molecular flexibility index (Phi) is 3.72. The smallest absolute Gasteiger partial charge is 0.214 e. The van der Waals surface area contributed by atoms with E-state index in [1.54, 1.807) is 12.1 Å². The normalized spacial score (nSPS) is 19.4. The van der Waals surface area contributed by atoms with Crippen molar-refractivity contribution in [1.29, 1.82) is 0 Å². The SMILES string of the molecule is CC(Nc1cccc(F)n1)C1CCOCC1. The maximum atomic E-state index is 12.9. The largest absolute Gasteiger partial charge is 0.381 e. The number of hydrogen-bond acceptors (Lipinski definition) is 3. The average Bonchev–Trinajstić information content (AvgIpc) is 2.30. The molecule has 88 valence electrons. The van der Waals surface area contributed by atoms with Gasteiger partial charge in [0.1, 0.15) is 5.82 Å². The van der Waals surface area contributed by atoms with Crippen molar-refractivity contribution < 1.29 is 9.13 Å². The second kappa shape index (κ2) is 5.25. The highest BCUT2D eigenvalue weighted by molar-refractivity contribution is 5.34. The van der Waals surface area contributed by atoms with E-state index in [1.165, 1.54) is 6.07 Å². The highest BCUT2D eigenvalue weighted by Gasteiger charge is 2.20. The lowest BCUT2D eigenvalue weighted by atomic mass is 9.93. The summed E-state index contributed by atoms with van der Waals surface area (Å²) in [6.45, 7) is 3.77. The Morgan fingerprint density at radius 1 is 1.44 bits per heavy atom. The molecule has 1 fully saturated rings. The Labute approximate surface area is 95.0 Å². The van der Waals surface area contributed by atoms with Crippen LogP contribution in [0.25, 0.3) is 0 Å². The molecule has 1 aromatic heterocycles. The third-order valence-corrected chi connectivity index (χ3v) is 3.06. The number of halogens is 1. The van der Waals surface area contributed by atoms with Crippen LogP contribution in [-0.2, 0) is 4.74 Å². The first-order chi connectivity index (χ1) is 7.75. The zero-order valence-corrected chi connectivity index (χ0v) is 9.45. The summed E-state index contributed by atoms with van der Waals surface area (Å²) in [7, 11) is 0. The van der Waals surface area contributed by atoms with Crippen molar-refractivity contribution in [1.82, 2.24) is 4.98 Å². The van der Waals surface area contributed by atoms with Gasteiger partial charge in [0.15, 0.2) is 0 Å². The van der Waals surface area contributed by atoms with E-state index in [9.17, 15) is 4.39 Å². The monoisotopic (exact) mass is 224 g/mol. The fourth-order valence-corrected chi connectivity index (χ4v) is 2.06. The third-order valence-electron chi connectivity index (χ3n) is 3.06. The molecule has 0 amide bonds. The minimum absolute atomic E-state index is 0.304. The van der Waals surface area contributed by atoms with Crippen molar-refractivity contribution in [3.05, 3.63) is 24.1 Å². The van der Waals surface area contributed by atoms with Crippen molar-refractivity contribution in [2.24, 2.45) is 5.92 Å². The predicted molar refractivity (Wildman–Crippen MR) is 60.8 cm³/mol. The molecule has 0 bridgehead atoms. The highest BCUT2D eigenvalue weighted by atomic mass is 19.1. The Bertz CT molecular complexity index is 340. The summed E-state index contributed by atoms with van der Waals surface area (Å²) in [6.07, 6.45) is 2.12. The van der Waals surface area contributed by atoms with Crippen LogP contribution in [0.15, 0.2) is 18.2 Å². The van der Waals surface area contributed by atoms with Gasteiger partial charge in [0.2, 0.25) is 5.95 Å². The van der Waals surface area contributed by atoms with Gasteiger partial charge in [-0.1, -0.05) is 6.07 Å². The molecule has 1 atom stereocenters. The molecule has 1 N–H and O–H groups in total. The lowest BCUT2D eigenvalue weighted by Gasteiger charge is -2.28.